The van der Waals surface area contributed by atoms with E-state index in [1.807, 2.05) is 24.3 Å². The molecular weight excluding hydrogens is 240 g/mol. The molecule has 3 heteroatoms. The molecule has 0 aliphatic rings. The van der Waals surface area contributed by atoms with E-state index in [1.165, 1.54) is 0 Å². The lowest BCUT2D eigenvalue weighted by atomic mass is 9.96. The van der Waals surface area contributed by atoms with Crippen LogP contribution in [0.15, 0.2) is 28.7 Å². The molecule has 1 aromatic carbocycles. The van der Waals surface area contributed by atoms with Gasteiger partial charge in [-0.05, 0) is 18.1 Å². The number of hydrogen-bond donors (Lipinski definition) is 0. The van der Waals surface area contributed by atoms with Crippen molar-refractivity contribution in [2.24, 2.45) is 0 Å². The van der Waals surface area contributed by atoms with Crippen LogP contribution in [0.4, 0.5) is 0 Å². The first kappa shape index (κ1) is 10.8. The van der Waals surface area contributed by atoms with Gasteiger partial charge in [-0.25, -0.2) is 0 Å². The summed E-state index contributed by atoms with van der Waals surface area (Å²) in [4.78, 5) is 0. The molecule has 2 nitrogen and oxygen atoms in total. The van der Waals surface area contributed by atoms with E-state index in [0.29, 0.717) is 12.8 Å². The van der Waals surface area contributed by atoms with Crippen LogP contribution in [-0.4, -0.2) is 0 Å². The SMILES string of the molecule is N#CCCC(C#N)c1ccccc1Br. The number of rotatable bonds is 3. The van der Waals surface area contributed by atoms with Crippen LogP contribution in [0.5, 0.6) is 0 Å². The lowest BCUT2D eigenvalue weighted by molar-refractivity contribution is 0.764. The standard InChI is InChI=1S/C11H9BrN2/c12-11-6-2-1-5-10(11)9(8-14)4-3-7-13/h1-2,5-6,9H,3-4H2. The molecule has 0 amide bonds. The Hall–Kier alpha value is -1.32. The van der Waals surface area contributed by atoms with E-state index in [9.17, 15) is 0 Å². The van der Waals surface area contributed by atoms with Crippen molar-refractivity contribution in [3.05, 3.63) is 34.3 Å². The summed E-state index contributed by atoms with van der Waals surface area (Å²) in [6.07, 6.45) is 1.01. The molecule has 0 saturated heterocycles. The highest BCUT2D eigenvalue weighted by atomic mass is 79.9. The number of benzene rings is 1. The Labute approximate surface area is 91.9 Å². The number of nitrogens with zero attached hydrogens (tertiary/aromatic N) is 2. The summed E-state index contributed by atoms with van der Waals surface area (Å²) in [5.74, 6) is -0.190. The maximum absolute atomic E-state index is 8.95. The van der Waals surface area contributed by atoms with Crippen molar-refractivity contribution >= 4 is 15.9 Å². The van der Waals surface area contributed by atoms with Crippen molar-refractivity contribution in [1.82, 2.24) is 0 Å². The molecule has 1 atom stereocenters. The molecule has 0 aromatic heterocycles. The third-order valence-electron chi connectivity index (χ3n) is 1.98. The predicted molar refractivity (Wildman–Crippen MR) is 57.3 cm³/mol. The fraction of sp³-hybridized carbons (Fsp3) is 0.273. The molecule has 0 fully saturated rings. The zero-order valence-corrected chi connectivity index (χ0v) is 9.16. The highest BCUT2D eigenvalue weighted by molar-refractivity contribution is 9.10. The Morgan fingerprint density at radius 2 is 2.00 bits per heavy atom. The molecule has 0 heterocycles. The van der Waals surface area contributed by atoms with Gasteiger partial charge in [0, 0.05) is 10.9 Å². The van der Waals surface area contributed by atoms with Gasteiger partial charge in [0.25, 0.3) is 0 Å². The molecule has 1 unspecified atom stereocenters. The summed E-state index contributed by atoms with van der Waals surface area (Å²) in [5, 5.41) is 17.4. The first-order chi connectivity index (χ1) is 6.79. The van der Waals surface area contributed by atoms with Crippen molar-refractivity contribution in [1.29, 1.82) is 10.5 Å². The summed E-state index contributed by atoms with van der Waals surface area (Å²) in [6.45, 7) is 0. The first-order valence-electron chi connectivity index (χ1n) is 4.30. The van der Waals surface area contributed by atoms with Crippen LogP contribution in [0.2, 0.25) is 0 Å². The summed E-state index contributed by atoms with van der Waals surface area (Å²) in [5.41, 5.74) is 0.963. The Kier molecular flexibility index (Phi) is 4.16. The van der Waals surface area contributed by atoms with E-state index in [2.05, 4.69) is 28.1 Å². The minimum Gasteiger partial charge on any atom is -0.198 e. The number of nitriles is 2. The third kappa shape index (κ3) is 2.58. The Balaban J connectivity index is 2.86. The van der Waals surface area contributed by atoms with Crippen LogP contribution in [-0.2, 0) is 0 Å². The predicted octanol–water partition coefficient (Wildman–Crippen LogP) is 3.36. The molecule has 0 N–H and O–H groups in total. The zero-order chi connectivity index (χ0) is 10.4. The smallest absolute Gasteiger partial charge is 0.0733 e. The molecule has 0 saturated carbocycles. The van der Waals surface area contributed by atoms with Gasteiger partial charge in [-0.1, -0.05) is 34.1 Å². The summed E-state index contributed by atoms with van der Waals surface area (Å²) >= 11 is 3.40. The van der Waals surface area contributed by atoms with Gasteiger partial charge in [-0.15, -0.1) is 0 Å². The molecule has 0 aliphatic carbocycles. The van der Waals surface area contributed by atoms with Crippen molar-refractivity contribution in [3.63, 3.8) is 0 Å². The van der Waals surface area contributed by atoms with Gasteiger partial charge in [-0.2, -0.15) is 10.5 Å². The molecule has 0 aliphatic heterocycles. The van der Waals surface area contributed by atoms with Gasteiger partial charge in [0.1, 0.15) is 0 Å². The van der Waals surface area contributed by atoms with Crippen molar-refractivity contribution in [2.45, 2.75) is 18.8 Å². The second-order valence-corrected chi connectivity index (χ2v) is 3.75. The minimum absolute atomic E-state index is 0.190. The average Bonchev–Trinajstić information content (AvgIpc) is 2.21. The van der Waals surface area contributed by atoms with Crippen LogP contribution in [0.25, 0.3) is 0 Å². The Morgan fingerprint density at radius 3 is 2.57 bits per heavy atom. The van der Waals surface area contributed by atoms with E-state index >= 15 is 0 Å². The zero-order valence-electron chi connectivity index (χ0n) is 7.57. The fourth-order valence-electron chi connectivity index (χ4n) is 1.26. The monoisotopic (exact) mass is 248 g/mol. The molecule has 1 aromatic rings. The molecule has 1 rings (SSSR count). The molecule has 70 valence electrons. The van der Waals surface area contributed by atoms with Crippen LogP contribution < -0.4 is 0 Å². The molecule has 0 spiro atoms. The van der Waals surface area contributed by atoms with Crippen molar-refractivity contribution in [2.75, 3.05) is 0 Å². The second-order valence-electron chi connectivity index (χ2n) is 2.90. The summed E-state index contributed by atoms with van der Waals surface area (Å²) < 4.78 is 0.935. The van der Waals surface area contributed by atoms with Gasteiger partial charge in [0.2, 0.25) is 0 Å². The quantitative estimate of drug-likeness (QED) is 0.824. The average molecular weight is 249 g/mol. The maximum atomic E-state index is 8.95. The van der Waals surface area contributed by atoms with Gasteiger partial charge in [0.15, 0.2) is 0 Å². The highest BCUT2D eigenvalue weighted by Gasteiger charge is 2.12. The first-order valence-corrected chi connectivity index (χ1v) is 5.10. The minimum atomic E-state index is -0.190. The Morgan fingerprint density at radius 1 is 1.29 bits per heavy atom. The topological polar surface area (TPSA) is 47.6 Å². The summed E-state index contributed by atoms with van der Waals surface area (Å²) in [6, 6.07) is 11.9. The van der Waals surface area contributed by atoms with Gasteiger partial charge in [0.05, 0.1) is 18.1 Å². The fourth-order valence-corrected chi connectivity index (χ4v) is 1.82. The van der Waals surface area contributed by atoms with Crippen molar-refractivity contribution < 1.29 is 0 Å². The van der Waals surface area contributed by atoms with Gasteiger partial charge in [-0.3, -0.25) is 0 Å². The lowest BCUT2D eigenvalue weighted by Gasteiger charge is -2.08. The molecule has 14 heavy (non-hydrogen) atoms. The molecule has 0 radical (unpaired) electrons. The van der Waals surface area contributed by atoms with E-state index in [1.54, 1.807) is 0 Å². The third-order valence-corrected chi connectivity index (χ3v) is 2.70. The largest absolute Gasteiger partial charge is 0.198 e. The van der Waals surface area contributed by atoms with E-state index in [0.717, 1.165) is 10.0 Å². The lowest BCUT2D eigenvalue weighted by Crippen LogP contribution is -1.96. The van der Waals surface area contributed by atoms with E-state index in [-0.39, 0.29) is 5.92 Å². The summed E-state index contributed by atoms with van der Waals surface area (Å²) in [7, 11) is 0. The normalized spacial score (nSPS) is 11.4. The molecule has 0 bridgehead atoms. The number of hydrogen-bond acceptors (Lipinski definition) is 2. The van der Waals surface area contributed by atoms with E-state index in [4.69, 9.17) is 10.5 Å². The van der Waals surface area contributed by atoms with Crippen LogP contribution in [0, 0.1) is 22.7 Å². The van der Waals surface area contributed by atoms with E-state index < -0.39 is 0 Å². The van der Waals surface area contributed by atoms with Gasteiger partial charge >= 0.3 is 0 Å². The van der Waals surface area contributed by atoms with Crippen LogP contribution in [0.1, 0.15) is 24.3 Å². The Bertz CT molecular complexity index is 387. The number of halogens is 1. The molecular formula is C11H9BrN2. The highest BCUT2D eigenvalue weighted by Crippen LogP contribution is 2.27. The van der Waals surface area contributed by atoms with Crippen LogP contribution >= 0.6 is 15.9 Å². The van der Waals surface area contributed by atoms with Gasteiger partial charge < -0.3 is 0 Å². The second kappa shape index (κ2) is 5.42. The van der Waals surface area contributed by atoms with Crippen LogP contribution in [0.3, 0.4) is 0 Å². The maximum Gasteiger partial charge on any atom is 0.0733 e. The van der Waals surface area contributed by atoms with Crippen molar-refractivity contribution in [3.8, 4) is 12.1 Å².